The van der Waals surface area contributed by atoms with Crippen molar-refractivity contribution in [3.8, 4) is 17.0 Å². The molecule has 0 spiro atoms. The maximum atomic E-state index is 14.1. The summed E-state index contributed by atoms with van der Waals surface area (Å²) >= 11 is 0. The van der Waals surface area contributed by atoms with Crippen molar-refractivity contribution in [1.29, 1.82) is 0 Å². The fourth-order valence-corrected chi connectivity index (χ4v) is 4.03. The number of fused-ring (bicyclic) bond motifs is 1. The largest absolute Gasteiger partial charge is 0.481 e. The maximum absolute atomic E-state index is 14.1. The van der Waals surface area contributed by atoms with Crippen LogP contribution < -0.4 is 10.5 Å². The average Bonchev–Trinajstić information content (AvgIpc) is 2.72. The van der Waals surface area contributed by atoms with Gasteiger partial charge in [0.15, 0.2) is 5.78 Å². The molecule has 6 nitrogen and oxygen atoms in total. The van der Waals surface area contributed by atoms with E-state index in [4.69, 9.17) is 10.5 Å². The van der Waals surface area contributed by atoms with Gasteiger partial charge in [-0.15, -0.1) is 0 Å². The minimum Gasteiger partial charge on any atom is -0.481 e. The predicted octanol–water partition coefficient (Wildman–Crippen LogP) is 3.74. The Labute approximate surface area is 168 Å². The summed E-state index contributed by atoms with van der Waals surface area (Å²) in [5, 5.41) is 0. The molecular weight excluding hydrogens is 371 g/mol. The Kier molecular flexibility index (Phi) is 4.96. The van der Waals surface area contributed by atoms with Crippen LogP contribution in [0.2, 0.25) is 0 Å². The molecule has 3 aromatic rings. The highest BCUT2D eigenvalue weighted by Crippen LogP contribution is 2.40. The number of hydrogen-bond donors (Lipinski definition) is 1. The van der Waals surface area contributed by atoms with Gasteiger partial charge >= 0.3 is 0 Å². The minimum absolute atomic E-state index is 0.0125. The zero-order valence-corrected chi connectivity index (χ0v) is 16.3. The molecule has 1 unspecified atom stereocenters. The average molecular weight is 392 g/mol. The Morgan fingerprint density at radius 3 is 2.79 bits per heavy atom. The van der Waals surface area contributed by atoms with Gasteiger partial charge in [0.2, 0.25) is 11.8 Å². The molecular formula is C22H21FN4O2. The molecule has 0 saturated heterocycles. The number of halogens is 1. The summed E-state index contributed by atoms with van der Waals surface area (Å²) in [4.78, 5) is 25.8. The van der Waals surface area contributed by atoms with Crippen molar-refractivity contribution in [2.45, 2.75) is 32.1 Å². The number of rotatable bonds is 4. The number of Topliss-reactive ketones (excluding diaryl/α,β-unsaturated/α-hetero) is 1. The van der Waals surface area contributed by atoms with E-state index in [0.717, 1.165) is 5.56 Å². The molecule has 1 atom stereocenters. The molecule has 148 valence electrons. The summed E-state index contributed by atoms with van der Waals surface area (Å²) in [5.74, 6) is 0.0390. The Hall–Kier alpha value is -3.35. The molecule has 4 rings (SSSR count). The van der Waals surface area contributed by atoms with Gasteiger partial charge in [0.25, 0.3) is 0 Å². The van der Waals surface area contributed by atoms with E-state index in [0.29, 0.717) is 53.2 Å². The Bertz CT molecular complexity index is 1100. The molecule has 0 saturated carbocycles. The van der Waals surface area contributed by atoms with Crippen LogP contribution in [0.5, 0.6) is 5.88 Å². The van der Waals surface area contributed by atoms with Gasteiger partial charge in [-0.3, -0.25) is 4.79 Å². The summed E-state index contributed by atoms with van der Waals surface area (Å²) < 4.78 is 19.5. The zero-order chi connectivity index (χ0) is 20.5. The molecule has 1 aromatic carbocycles. The molecule has 2 aromatic heterocycles. The predicted molar refractivity (Wildman–Crippen MR) is 107 cm³/mol. The normalized spacial score (nSPS) is 15.8. The monoisotopic (exact) mass is 392 g/mol. The van der Waals surface area contributed by atoms with Gasteiger partial charge in [0.05, 0.1) is 24.1 Å². The fourth-order valence-electron chi connectivity index (χ4n) is 4.03. The van der Waals surface area contributed by atoms with Crippen LogP contribution in [0.3, 0.4) is 0 Å². The number of nitrogen functional groups attached to an aromatic ring is 1. The second kappa shape index (κ2) is 7.58. The second-order valence-corrected chi connectivity index (χ2v) is 7.02. The van der Waals surface area contributed by atoms with Crippen molar-refractivity contribution in [2.24, 2.45) is 0 Å². The lowest BCUT2D eigenvalue weighted by Crippen LogP contribution is -2.24. The van der Waals surface area contributed by atoms with Crippen molar-refractivity contribution in [2.75, 3.05) is 12.8 Å². The van der Waals surface area contributed by atoms with Crippen molar-refractivity contribution in [3.05, 3.63) is 64.9 Å². The number of nitrogens with zero attached hydrogens (tertiary/aromatic N) is 3. The van der Waals surface area contributed by atoms with Crippen LogP contribution in [0.15, 0.2) is 36.5 Å². The van der Waals surface area contributed by atoms with Crippen molar-refractivity contribution in [3.63, 3.8) is 0 Å². The molecule has 29 heavy (non-hydrogen) atoms. The molecule has 0 aliphatic heterocycles. The summed E-state index contributed by atoms with van der Waals surface area (Å²) in [6, 6.07) is 8.20. The first-order chi connectivity index (χ1) is 14.0. The van der Waals surface area contributed by atoms with Gasteiger partial charge in [-0.2, -0.15) is 0 Å². The minimum atomic E-state index is -0.364. The number of methoxy groups -OCH3 is 1. The van der Waals surface area contributed by atoms with E-state index < -0.39 is 0 Å². The zero-order valence-electron chi connectivity index (χ0n) is 16.3. The third-order valence-electron chi connectivity index (χ3n) is 5.27. The van der Waals surface area contributed by atoms with Crippen LogP contribution in [0.25, 0.3) is 11.1 Å². The van der Waals surface area contributed by atoms with E-state index in [1.54, 1.807) is 18.3 Å². The number of anilines is 1. The summed E-state index contributed by atoms with van der Waals surface area (Å²) in [6.45, 7) is 1.94. The molecule has 1 aliphatic carbocycles. The SMILES string of the molecule is CCc1nc(N)nc2c1C(=O)CC(c1ccc(F)cc1-c1cccnc1OC)C2. The lowest BCUT2D eigenvalue weighted by atomic mass is 9.78. The molecule has 0 bridgehead atoms. The summed E-state index contributed by atoms with van der Waals surface area (Å²) in [6.07, 6.45) is 3.06. The quantitative estimate of drug-likeness (QED) is 0.727. The lowest BCUT2D eigenvalue weighted by Gasteiger charge is -2.26. The molecule has 0 fully saturated rings. The van der Waals surface area contributed by atoms with E-state index in [-0.39, 0.29) is 23.5 Å². The van der Waals surface area contributed by atoms with Gasteiger partial charge < -0.3 is 10.5 Å². The molecule has 0 radical (unpaired) electrons. The molecule has 7 heteroatoms. The third-order valence-corrected chi connectivity index (χ3v) is 5.27. The van der Waals surface area contributed by atoms with Crippen molar-refractivity contribution >= 4 is 11.7 Å². The van der Waals surface area contributed by atoms with E-state index in [2.05, 4.69) is 15.0 Å². The summed E-state index contributed by atoms with van der Waals surface area (Å²) in [5.41, 5.74) is 9.98. The van der Waals surface area contributed by atoms with E-state index in [1.807, 2.05) is 13.0 Å². The van der Waals surface area contributed by atoms with E-state index >= 15 is 0 Å². The van der Waals surface area contributed by atoms with Crippen LogP contribution in [0.4, 0.5) is 10.3 Å². The van der Waals surface area contributed by atoms with Gasteiger partial charge in [0.1, 0.15) is 5.82 Å². The molecule has 0 amide bonds. The lowest BCUT2D eigenvalue weighted by molar-refractivity contribution is 0.0961. The Morgan fingerprint density at radius 2 is 2.03 bits per heavy atom. The van der Waals surface area contributed by atoms with E-state index in [1.165, 1.54) is 19.2 Å². The van der Waals surface area contributed by atoms with Crippen LogP contribution in [-0.4, -0.2) is 27.8 Å². The first kappa shape index (κ1) is 19.0. The van der Waals surface area contributed by atoms with E-state index in [9.17, 15) is 9.18 Å². The number of nitrogens with two attached hydrogens (primary N) is 1. The first-order valence-corrected chi connectivity index (χ1v) is 9.49. The fraction of sp³-hybridized carbons (Fsp3) is 0.273. The van der Waals surface area contributed by atoms with Crippen LogP contribution in [0.1, 0.15) is 46.6 Å². The van der Waals surface area contributed by atoms with Gasteiger partial charge in [-0.1, -0.05) is 13.0 Å². The molecule has 1 aliphatic rings. The van der Waals surface area contributed by atoms with Crippen LogP contribution in [0, 0.1) is 5.82 Å². The topological polar surface area (TPSA) is 91.0 Å². The third kappa shape index (κ3) is 3.44. The highest BCUT2D eigenvalue weighted by Gasteiger charge is 2.32. The number of ether oxygens (including phenoxy) is 1. The molecule has 2 heterocycles. The number of ketones is 1. The number of pyridine rings is 1. The first-order valence-electron chi connectivity index (χ1n) is 9.49. The number of hydrogen-bond acceptors (Lipinski definition) is 6. The Morgan fingerprint density at radius 1 is 1.21 bits per heavy atom. The smallest absolute Gasteiger partial charge is 0.221 e. The second-order valence-electron chi connectivity index (χ2n) is 7.02. The highest BCUT2D eigenvalue weighted by molar-refractivity contribution is 6.00. The Balaban J connectivity index is 1.83. The standard InChI is InChI=1S/C22H21FN4O2/c1-3-17-20-18(27-22(24)26-17)9-12(10-19(20)28)14-7-6-13(23)11-16(14)15-5-4-8-25-21(15)29-2/h4-8,11-12H,3,9-10H2,1-2H3,(H2,24,26,27). The van der Waals surface area contributed by atoms with Gasteiger partial charge in [-0.05, 0) is 54.2 Å². The van der Waals surface area contributed by atoms with Crippen LogP contribution in [-0.2, 0) is 12.8 Å². The number of benzene rings is 1. The number of carbonyl (C=O) groups is 1. The number of aryl methyl sites for hydroxylation is 1. The summed E-state index contributed by atoms with van der Waals surface area (Å²) in [7, 11) is 1.52. The maximum Gasteiger partial charge on any atom is 0.221 e. The van der Waals surface area contributed by atoms with Gasteiger partial charge in [-0.25, -0.2) is 19.3 Å². The number of carbonyl (C=O) groups excluding carboxylic acids is 1. The van der Waals surface area contributed by atoms with Crippen LogP contribution >= 0.6 is 0 Å². The molecule has 2 N–H and O–H groups in total. The van der Waals surface area contributed by atoms with Gasteiger partial charge in [0, 0.05) is 18.2 Å². The van der Waals surface area contributed by atoms with Crippen molar-refractivity contribution in [1.82, 2.24) is 15.0 Å². The van der Waals surface area contributed by atoms with Crippen molar-refractivity contribution < 1.29 is 13.9 Å². The highest BCUT2D eigenvalue weighted by atomic mass is 19.1. The number of aromatic nitrogens is 3.